The molecule has 0 bridgehead atoms. The summed E-state index contributed by atoms with van der Waals surface area (Å²) in [6, 6.07) is 0.167. The van der Waals surface area contributed by atoms with Crippen LogP contribution in [0.3, 0.4) is 0 Å². The van der Waals surface area contributed by atoms with E-state index in [1.807, 2.05) is 0 Å². The third kappa shape index (κ3) is 3.93. The van der Waals surface area contributed by atoms with Crippen molar-refractivity contribution in [2.24, 2.45) is 5.92 Å². The fourth-order valence-electron chi connectivity index (χ4n) is 2.67. The van der Waals surface area contributed by atoms with E-state index in [2.05, 4.69) is 17.6 Å². The van der Waals surface area contributed by atoms with Crippen LogP contribution in [0.15, 0.2) is 0 Å². The van der Waals surface area contributed by atoms with Gasteiger partial charge in [-0.3, -0.25) is 4.79 Å². The van der Waals surface area contributed by atoms with Crippen LogP contribution in [0.25, 0.3) is 0 Å². The van der Waals surface area contributed by atoms with E-state index in [1.54, 1.807) is 0 Å². The molecule has 0 aromatic rings. The van der Waals surface area contributed by atoms with Crippen molar-refractivity contribution in [1.29, 1.82) is 0 Å². The Labute approximate surface area is 109 Å². The van der Waals surface area contributed by atoms with E-state index in [9.17, 15) is 4.79 Å². The van der Waals surface area contributed by atoms with Crippen LogP contribution in [0.1, 0.15) is 26.2 Å². The topological polar surface area (TPSA) is 59.6 Å². The lowest BCUT2D eigenvalue weighted by Gasteiger charge is -2.24. The number of hydrogen-bond donors (Lipinski definition) is 2. The first-order chi connectivity index (χ1) is 8.79. The Bertz CT molecular complexity index is 267. The van der Waals surface area contributed by atoms with E-state index in [4.69, 9.17) is 9.47 Å². The van der Waals surface area contributed by atoms with Crippen LogP contribution in [-0.2, 0) is 14.3 Å². The lowest BCUT2D eigenvalue weighted by atomic mass is 9.99. The number of amides is 1. The highest BCUT2D eigenvalue weighted by Crippen LogP contribution is 2.22. The second kappa shape index (κ2) is 7.07. The number of carbonyl (C=O) groups excluding carboxylic acids is 1. The summed E-state index contributed by atoms with van der Waals surface area (Å²) in [6.45, 7) is 5.93. The minimum atomic E-state index is 0.111. The van der Waals surface area contributed by atoms with E-state index in [0.29, 0.717) is 25.0 Å². The first kappa shape index (κ1) is 13.8. The molecule has 2 heterocycles. The molecule has 0 radical (unpaired) electrons. The molecule has 0 aliphatic carbocycles. The van der Waals surface area contributed by atoms with Gasteiger partial charge in [0.15, 0.2) is 0 Å². The first-order valence-corrected chi connectivity index (χ1v) is 6.99. The SMILES string of the molecule is CCC1OCCC1CNC(=O)CC1COCCN1. The molecular formula is C13H24N2O3. The Kier molecular flexibility index (Phi) is 5.41. The fourth-order valence-corrected chi connectivity index (χ4v) is 2.67. The predicted molar refractivity (Wildman–Crippen MR) is 68.4 cm³/mol. The predicted octanol–water partition coefficient (Wildman–Crippen LogP) is 0.296. The summed E-state index contributed by atoms with van der Waals surface area (Å²) >= 11 is 0. The molecule has 104 valence electrons. The number of nitrogens with one attached hydrogen (secondary N) is 2. The number of rotatable bonds is 5. The number of morpholine rings is 1. The van der Waals surface area contributed by atoms with Gasteiger partial charge < -0.3 is 20.1 Å². The summed E-state index contributed by atoms with van der Waals surface area (Å²) in [5, 5.41) is 6.31. The van der Waals surface area contributed by atoms with Crippen molar-refractivity contribution in [3.05, 3.63) is 0 Å². The zero-order valence-electron chi connectivity index (χ0n) is 11.1. The minimum Gasteiger partial charge on any atom is -0.378 e. The molecule has 2 saturated heterocycles. The Balaban J connectivity index is 1.64. The second-order valence-corrected chi connectivity index (χ2v) is 5.10. The van der Waals surface area contributed by atoms with E-state index in [-0.39, 0.29) is 11.9 Å². The van der Waals surface area contributed by atoms with Crippen molar-refractivity contribution in [3.8, 4) is 0 Å². The van der Waals surface area contributed by atoms with Crippen LogP contribution >= 0.6 is 0 Å². The summed E-state index contributed by atoms with van der Waals surface area (Å²) in [5.74, 6) is 0.592. The highest BCUT2D eigenvalue weighted by Gasteiger charge is 2.27. The van der Waals surface area contributed by atoms with Crippen LogP contribution < -0.4 is 10.6 Å². The van der Waals surface area contributed by atoms with Gasteiger partial charge in [0, 0.05) is 38.1 Å². The molecule has 3 unspecified atom stereocenters. The van der Waals surface area contributed by atoms with Gasteiger partial charge in [0.25, 0.3) is 0 Å². The normalized spacial score (nSPS) is 32.4. The number of hydrogen-bond acceptors (Lipinski definition) is 4. The molecule has 2 aliphatic heterocycles. The van der Waals surface area contributed by atoms with E-state index in [1.165, 1.54) is 0 Å². The van der Waals surface area contributed by atoms with Gasteiger partial charge in [-0.25, -0.2) is 0 Å². The largest absolute Gasteiger partial charge is 0.378 e. The average molecular weight is 256 g/mol. The van der Waals surface area contributed by atoms with Crippen molar-refractivity contribution in [2.45, 2.75) is 38.3 Å². The second-order valence-electron chi connectivity index (χ2n) is 5.10. The average Bonchev–Trinajstić information content (AvgIpc) is 2.85. The van der Waals surface area contributed by atoms with Gasteiger partial charge in [-0.05, 0) is 12.8 Å². The third-order valence-corrected chi connectivity index (χ3v) is 3.74. The van der Waals surface area contributed by atoms with Crippen molar-refractivity contribution < 1.29 is 14.3 Å². The maximum atomic E-state index is 11.8. The quantitative estimate of drug-likeness (QED) is 0.742. The highest BCUT2D eigenvalue weighted by atomic mass is 16.5. The summed E-state index contributed by atoms with van der Waals surface area (Å²) < 4.78 is 10.9. The molecule has 5 heteroatoms. The molecular weight excluding hydrogens is 232 g/mol. The van der Waals surface area contributed by atoms with Gasteiger partial charge in [0.2, 0.25) is 5.91 Å². The molecule has 2 aliphatic rings. The minimum absolute atomic E-state index is 0.111. The lowest BCUT2D eigenvalue weighted by molar-refractivity contribution is -0.122. The Hall–Kier alpha value is -0.650. The molecule has 2 fully saturated rings. The van der Waals surface area contributed by atoms with E-state index in [0.717, 1.165) is 39.1 Å². The standard InChI is InChI=1S/C13H24N2O3/c1-2-12-10(3-5-18-12)8-15-13(16)7-11-9-17-6-4-14-11/h10-12,14H,2-9H2,1H3,(H,15,16). The van der Waals surface area contributed by atoms with Gasteiger partial charge in [0.1, 0.15) is 0 Å². The van der Waals surface area contributed by atoms with Crippen LogP contribution in [0.4, 0.5) is 0 Å². The maximum absolute atomic E-state index is 11.8. The molecule has 3 atom stereocenters. The van der Waals surface area contributed by atoms with Gasteiger partial charge in [-0.15, -0.1) is 0 Å². The third-order valence-electron chi connectivity index (χ3n) is 3.74. The monoisotopic (exact) mass is 256 g/mol. The molecule has 2 N–H and O–H groups in total. The van der Waals surface area contributed by atoms with Gasteiger partial charge in [-0.2, -0.15) is 0 Å². The van der Waals surface area contributed by atoms with Gasteiger partial charge >= 0.3 is 0 Å². The molecule has 2 rings (SSSR count). The van der Waals surface area contributed by atoms with Crippen molar-refractivity contribution in [3.63, 3.8) is 0 Å². The van der Waals surface area contributed by atoms with Crippen LogP contribution in [0.5, 0.6) is 0 Å². The van der Waals surface area contributed by atoms with E-state index < -0.39 is 0 Å². The summed E-state index contributed by atoms with van der Waals surface area (Å²) in [7, 11) is 0. The van der Waals surface area contributed by atoms with Crippen molar-refractivity contribution in [1.82, 2.24) is 10.6 Å². The van der Waals surface area contributed by atoms with Crippen LogP contribution in [0.2, 0.25) is 0 Å². The van der Waals surface area contributed by atoms with Gasteiger partial charge in [0.05, 0.1) is 19.3 Å². The molecule has 1 amide bonds. The number of carbonyl (C=O) groups is 1. The fraction of sp³-hybridized carbons (Fsp3) is 0.923. The molecule has 0 aromatic heterocycles. The smallest absolute Gasteiger partial charge is 0.221 e. The molecule has 0 saturated carbocycles. The number of ether oxygens (including phenoxy) is 2. The molecule has 0 aromatic carbocycles. The lowest BCUT2D eigenvalue weighted by Crippen LogP contribution is -2.45. The van der Waals surface area contributed by atoms with Crippen molar-refractivity contribution in [2.75, 3.05) is 32.9 Å². The van der Waals surface area contributed by atoms with Gasteiger partial charge in [-0.1, -0.05) is 6.92 Å². The van der Waals surface area contributed by atoms with Crippen LogP contribution in [-0.4, -0.2) is 51.0 Å². The Morgan fingerprint density at radius 2 is 2.33 bits per heavy atom. The highest BCUT2D eigenvalue weighted by molar-refractivity contribution is 5.76. The van der Waals surface area contributed by atoms with E-state index >= 15 is 0 Å². The first-order valence-electron chi connectivity index (χ1n) is 6.99. The summed E-state index contributed by atoms with van der Waals surface area (Å²) in [4.78, 5) is 11.8. The zero-order chi connectivity index (χ0) is 12.8. The van der Waals surface area contributed by atoms with Crippen LogP contribution in [0, 0.1) is 5.92 Å². The maximum Gasteiger partial charge on any atom is 0.221 e. The summed E-state index contributed by atoms with van der Waals surface area (Å²) in [5.41, 5.74) is 0. The zero-order valence-corrected chi connectivity index (χ0v) is 11.1. The Morgan fingerprint density at radius 3 is 3.06 bits per heavy atom. The summed E-state index contributed by atoms with van der Waals surface area (Å²) in [6.07, 6.45) is 2.91. The molecule has 0 spiro atoms. The molecule has 5 nitrogen and oxygen atoms in total. The molecule has 18 heavy (non-hydrogen) atoms. The van der Waals surface area contributed by atoms with Crippen molar-refractivity contribution >= 4 is 5.91 Å². The Morgan fingerprint density at radius 1 is 1.44 bits per heavy atom.